The third-order valence-electron chi connectivity index (χ3n) is 1.50. The maximum atomic E-state index is 11.2. The van der Waals surface area contributed by atoms with E-state index in [1.807, 2.05) is 0 Å². The molecule has 0 fully saturated rings. The number of aliphatic hydroxyl groups is 2. The lowest BCUT2D eigenvalue weighted by molar-refractivity contribution is -0.156. The van der Waals surface area contributed by atoms with Gasteiger partial charge in [-0.05, 0) is 20.8 Å². The molecule has 0 aliphatic carbocycles. The average molecular weight is 205 g/mol. The Hall–Kier alpha value is -0.650. The molecular weight excluding hydrogens is 186 g/mol. The third-order valence-corrected chi connectivity index (χ3v) is 1.50. The number of hydrogen-bond donors (Lipinski definition) is 3. The molecule has 0 heterocycles. The van der Waals surface area contributed by atoms with Crippen molar-refractivity contribution in [2.75, 3.05) is 6.61 Å². The van der Waals surface area contributed by atoms with Crippen molar-refractivity contribution in [2.24, 2.45) is 5.73 Å². The summed E-state index contributed by atoms with van der Waals surface area (Å²) < 4.78 is 4.99. The molecule has 0 aromatic heterocycles. The third kappa shape index (κ3) is 5.90. The van der Waals surface area contributed by atoms with E-state index < -0.39 is 30.3 Å². The van der Waals surface area contributed by atoms with E-state index in [-0.39, 0.29) is 6.42 Å². The summed E-state index contributed by atoms with van der Waals surface area (Å²) in [7, 11) is 0. The fourth-order valence-corrected chi connectivity index (χ4v) is 0.847. The van der Waals surface area contributed by atoms with Gasteiger partial charge in [-0.1, -0.05) is 0 Å². The predicted molar refractivity (Wildman–Crippen MR) is 51.5 cm³/mol. The Labute approximate surface area is 83.9 Å². The molecule has 2 atom stereocenters. The molecule has 0 bridgehead atoms. The fraction of sp³-hybridized carbons (Fsp3) is 0.889. The molecule has 0 aromatic rings. The van der Waals surface area contributed by atoms with Crippen molar-refractivity contribution >= 4 is 5.97 Å². The highest BCUT2D eigenvalue weighted by Crippen LogP contribution is 2.09. The van der Waals surface area contributed by atoms with Gasteiger partial charge in [0.15, 0.2) is 0 Å². The Morgan fingerprint density at radius 2 is 2.00 bits per heavy atom. The normalized spacial score (nSPS) is 16.1. The monoisotopic (exact) mass is 205 g/mol. The molecular formula is C9H19NO4. The molecule has 0 aliphatic rings. The van der Waals surface area contributed by atoms with Crippen LogP contribution in [0.4, 0.5) is 0 Å². The predicted octanol–water partition coefficient (Wildman–Crippen LogP) is -0.601. The molecule has 4 N–H and O–H groups in total. The van der Waals surface area contributed by atoms with Crippen molar-refractivity contribution in [3.63, 3.8) is 0 Å². The van der Waals surface area contributed by atoms with Crippen LogP contribution in [0.15, 0.2) is 0 Å². The smallest absolute Gasteiger partial charge is 0.307 e. The summed E-state index contributed by atoms with van der Waals surface area (Å²) in [6.45, 7) is 4.79. The molecule has 0 aromatic carbocycles. The number of hydrogen-bond acceptors (Lipinski definition) is 5. The Morgan fingerprint density at radius 1 is 1.50 bits per heavy atom. The van der Waals surface area contributed by atoms with E-state index in [4.69, 9.17) is 20.7 Å². The van der Waals surface area contributed by atoms with Crippen LogP contribution in [0.25, 0.3) is 0 Å². The van der Waals surface area contributed by atoms with Gasteiger partial charge in [0.2, 0.25) is 0 Å². The first-order valence-electron chi connectivity index (χ1n) is 4.52. The van der Waals surface area contributed by atoms with Gasteiger partial charge in [0, 0.05) is 6.04 Å². The van der Waals surface area contributed by atoms with Gasteiger partial charge in [-0.3, -0.25) is 4.79 Å². The minimum atomic E-state index is -1.08. The quantitative estimate of drug-likeness (QED) is 0.533. The van der Waals surface area contributed by atoms with Crippen LogP contribution in [-0.4, -0.2) is 40.5 Å². The molecule has 0 spiro atoms. The summed E-state index contributed by atoms with van der Waals surface area (Å²) in [6.07, 6.45) is -1.18. The molecule has 2 unspecified atom stereocenters. The Bertz CT molecular complexity index is 188. The standard InChI is InChI=1S/C9H19NO4/c1-9(2,3)14-8(13)4-6(10)7(12)5-11/h6-7,11-12H,4-5,10H2,1-3H3. The van der Waals surface area contributed by atoms with E-state index in [1.54, 1.807) is 20.8 Å². The first-order chi connectivity index (χ1) is 6.26. The molecule has 0 aliphatic heterocycles. The highest BCUT2D eigenvalue weighted by molar-refractivity contribution is 5.70. The van der Waals surface area contributed by atoms with Crippen molar-refractivity contribution in [1.29, 1.82) is 0 Å². The summed E-state index contributed by atoms with van der Waals surface area (Å²) >= 11 is 0. The number of nitrogens with two attached hydrogens (primary N) is 1. The van der Waals surface area contributed by atoms with E-state index in [9.17, 15) is 4.79 Å². The molecule has 84 valence electrons. The molecule has 5 nitrogen and oxygen atoms in total. The highest BCUT2D eigenvalue weighted by Gasteiger charge is 2.22. The largest absolute Gasteiger partial charge is 0.460 e. The van der Waals surface area contributed by atoms with Crippen molar-refractivity contribution in [3.8, 4) is 0 Å². The van der Waals surface area contributed by atoms with E-state index >= 15 is 0 Å². The number of carbonyl (C=O) groups is 1. The van der Waals surface area contributed by atoms with Crippen LogP contribution >= 0.6 is 0 Å². The van der Waals surface area contributed by atoms with Crippen molar-refractivity contribution in [2.45, 2.75) is 44.9 Å². The topological polar surface area (TPSA) is 92.8 Å². The van der Waals surface area contributed by atoms with Crippen molar-refractivity contribution < 1.29 is 19.7 Å². The van der Waals surface area contributed by atoms with Gasteiger partial charge in [0.25, 0.3) is 0 Å². The van der Waals surface area contributed by atoms with Crippen LogP contribution in [-0.2, 0) is 9.53 Å². The van der Waals surface area contributed by atoms with E-state index in [1.165, 1.54) is 0 Å². The van der Waals surface area contributed by atoms with Crippen molar-refractivity contribution in [1.82, 2.24) is 0 Å². The zero-order chi connectivity index (χ0) is 11.4. The number of aliphatic hydroxyl groups excluding tert-OH is 2. The fourth-order valence-electron chi connectivity index (χ4n) is 0.847. The molecule has 0 rings (SSSR count). The average Bonchev–Trinajstić information content (AvgIpc) is 1.99. The van der Waals surface area contributed by atoms with Gasteiger partial charge in [0.1, 0.15) is 5.60 Å². The van der Waals surface area contributed by atoms with Crippen LogP contribution < -0.4 is 5.73 Å². The van der Waals surface area contributed by atoms with Crippen LogP contribution in [0, 0.1) is 0 Å². The number of carbonyl (C=O) groups excluding carboxylic acids is 1. The highest BCUT2D eigenvalue weighted by atomic mass is 16.6. The Morgan fingerprint density at radius 3 is 2.36 bits per heavy atom. The van der Waals surface area contributed by atoms with E-state index in [0.717, 1.165) is 0 Å². The molecule has 5 heteroatoms. The van der Waals surface area contributed by atoms with Gasteiger partial charge in [-0.25, -0.2) is 0 Å². The van der Waals surface area contributed by atoms with Gasteiger partial charge in [0.05, 0.1) is 19.1 Å². The van der Waals surface area contributed by atoms with Gasteiger partial charge in [-0.15, -0.1) is 0 Å². The zero-order valence-electron chi connectivity index (χ0n) is 8.86. The summed E-state index contributed by atoms with van der Waals surface area (Å²) in [5, 5.41) is 17.7. The van der Waals surface area contributed by atoms with E-state index in [2.05, 4.69) is 0 Å². The Balaban J connectivity index is 3.95. The zero-order valence-corrected chi connectivity index (χ0v) is 8.86. The summed E-state index contributed by atoms with van der Waals surface area (Å²) in [4.78, 5) is 11.2. The summed E-state index contributed by atoms with van der Waals surface area (Å²) in [5.74, 6) is -0.475. The first kappa shape index (κ1) is 13.4. The lowest BCUT2D eigenvalue weighted by Crippen LogP contribution is -2.40. The van der Waals surface area contributed by atoms with Crippen LogP contribution in [0.5, 0.6) is 0 Å². The lowest BCUT2D eigenvalue weighted by atomic mass is 10.1. The maximum absolute atomic E-state index is 11.2. The molecule has 0 saturated carbocycles. The molecule has 0 amide bonds. The lowest BCUT2D eigenvalue weighted by Gasteiger charge is -2.22. The second-order valence-corrected chi connectivity index (χ2v) is 4.20. The number of ether oxygens (including phenoxy) is 1. The minimum absolute atomic E-state index is 0.0982. The van der Waals surface area contributed by atoms with Gasteiger partial charge in [-0.2, -0.15) is 0 Å². The van der Waals surface area contributed by atoms with Crippen LogP contribution in [0.2, 0.25) is 0 Å². The molecule has 0 radical (unpaired) electrons. The summed E-state index contributed by atoms with van der Waals surface area (Å²) in [6, 6.07) is -0.783. The number of rotatable bonds is 4. The molecule has 14 heavy (non-hydrogen) atoms. The van der Waals surface area contributed by atoms with Gasteiger partial charge < -0.3 is 20.7 Å². The number of esters is 1. The Kier molecular flexibility index (Phi) is 5.04. The molecule has 0 saturated heterocycles. The van der Waals surface area contributed by atoms with Crippen LogP contribution in [0.3, 0.4) is 0 Å². The van der Waals surface area contributed by atoms with Crippen LogP contribution in [0.1, 0.15) is 27.2 Å². The summed E-state index contributed by atoms with van der Waals surface area (Å²) in [5.41, 5.74) is 4.88. The maximum Gasteiger partial charge on any atom is 0.307 e. The second-order valence-electron chi connectivity index (χ2n) is 4.20. The van der Waals surface area contributed by atoms with E-state index in [0.29, 0.717) is 0 Å². The van der Waals surface area contributed by atoms with Crippen molar-refractivity contribution in [3.05, 3.63) is 0 Å². The first-order valence-corrected chi connectivity index (χ1v) is 4.52. The SMILES string of the molecule is CC(C)(C)OC(=O)CC(N)C(O)CO. The minimum Gasteiger partial charge on any atom is -0.460 e. The second kappa shape index (κ2) is 5.29. The van der Waals surface area contributed by atoms with Gasteiger partial charge >= 0.3 is 5.97 Å².